The highest BCUT2D eigenvalue weighted by Crippen LogP contribution is 2.31. The van der Waals surface area contributed by atoms with Crippen LogP contribution in [-0.4, -0.2) is 23.3 Å². The van der Waals surface area contributed by atoms with Crippen LogP contribution in [0.5, 0.6) is 0 Å². The van der Waals surface area contributed by atoms with Gasteiger partial charge in [0.15, 0.2) is 0 Å². The maximum Gasteiger partial charge on any atom is 0.419 e. The number of carbonyl (C=O) groups is 2. The van der Waals surface area contributed by atoms with Crippen LogP contribution in [0.3, 0.4) is 0 Å². The number of carbonyl (C=O) groups excluding carboxylic acids is 3. The van der Waals surface area contributed by atoms with Crippen LogP contribution in [0.25, 0.3) is 0 Å². The Morgan fingerprint density at radius 3 is 2.00 bits per heavy atom. The number of esters is 2. The number of hydrogen-bond acceptors (Lipinski definition) is 8. The molecule has 3 aromatic rings. The smallest absolute Gasteiger partial charge is 0.419 e. The zero-order valence-electron chi connectivity index (χ0n) is 17.8. The highest BCUT2D eigenvalue weighted by molar-refractivity contribution is 9.10. The van der Waals surface area contributed by atoms with Crippen LogP contribution in [-0.2, 0) is 47.4 Å². The molecule has 0 aliphatic rings. The van der Waals surface area contributed by atoms with Crippen molar-refractivity contribution in [3.8, 4) is 0 Å². The molecule has 3 rings (SSSR count). The van der Waals surface area contributed by atoms with E-state index < -0.39 is 22.5 Å². The summed E-state index contributed by atoms with van der Waals surface area (Å²) in [7, 11) is 0. The topological polar surface area (TPSA) is 122 Å². The number of nitrogens with zero attached hydrogens (tertiary/aromatic N) is 1. The van der Waals surface area contributed by atoms with E-state index in [1.165, 1.54) is 36.4 Å². The molecular weight excluding hydrogens is 590 g/mol. The van der Waals surface area contributed by atoms with Crippen molar-refractivity contribution in [2.75, 3.05) is 0 Å². The summed E-state index contributed by atoms with van der Waals surface area (Å²) in [6.45, 7) is 0.598. The second kappa shape index (κ2) is 11.7. The average molecular weight is 606 g/mol. The number of halogens is 2. The van der Waals surface area contributed by atoms with Gasteiger partial charge in [-0.3, -0.25) is 10.1 Å². The lowest BCUT2D eigenvalue weighted by atomic mass is 9.93. The minimum atomic E-state index is -2.59. The summed E-state index contributed by atoms with van der Waals surface area (Å²) < 4.78 is 17.0. The lowest BCUT2D eigenvalue weighted by Gasteiger charge is -2.27. The third-order valence-corrected chi connectivity index (χ3v) is 5.82. The minimum absolute atomic E-state index is 0.0167. The number of rotatable bonds is 10. The van der Waals surface area contributed by atoms with Gasteiger partial charge in [0.25, 0.3) is 5.69 Å². The largest absolute Gasteiger partial charge is 0.457 e. The fourth-order valence-corrected chi connectivity index (χ4v) is 3.76. The van der Waals surface area contributed by atoms with E-state index in [0.717, 1.165) is 10.9 Å². The molecule has 0 aliphatic carbocycles. The second-order valence-corrected chi connectivity index (χ2v) is 8.91. The Labute approximate surface area is 216 Å². The third kappa shape index (κ3) is 6.31. The zero-order chi connectivity index (χ0) is 25.4. The van der Waals surface area contributed by atoms with Gasteiger partial charge < -0.3 is 14.2 Å². The van der Waals surface area contributed by atoms with E-state index in [-0.39, 0.29) is 24.5 Å². The van der Waals surface area contributed by atoms with Gasteiger partial charge in [0.05, 0.1) is 4.92 Å². The highest BCUT2D eigenvalue weighted by Gasteiger charge is 2.54. The summed E-state index contributed by atoms with van der Waals surface area (Å²) in [5.74, 6) is -2.40. The second-order valence-electron chi connectivity index (χ2n) is 7.08. The van der Waals surface area contributed by atoms with Crippen LogP contribution in [0.1, 0.15) is 16.7 Å². The number of nitro benzene ring substituents is 1. The van der Waals surface area contributed by atoms with Crippen LogP contribution >= 0.6 is 31.9 Å². The van der Waals surface area contributed by atoms with Gasteiger partial charge in [-0.25, -0.2) is 14.4 Å². The molecular formula is C24H16Br2NO8. The van der Waals surface area contributed by atoms with Crippen molar-refractivity contribution < 1.29 is 33.5 Å². The van der Waals surface area contributed by atoms with Crippen molar-refractivity contribution in [3.63, 3.8) is 0 Å². The Hall–Kier alpha value is -3.57. The molecule has 0 aromatic heterocycles. The standard InChI is InChI=1S/C24H16Br2NO8/c25-19-8-6-18(7-9-19)24(35-15-28,23(30)34-14-17-2-1-3-20(26)12-17)22(29)33-13-16-4-10-21(11-5-16)27(31)32/h1-12H,13-14H2. The van der Waals surface area contributed by atoms with E-state index >= 15 is 0 Å². The zero-order valence-corrected chi connectivity index (χ0v) is 21.0. The van der Waals surface area contributed by atoms with Crippen molar-refractivity contribution in [2.45, 2.75) is 18.8 Å². The molecule has 0 N–H and O–H groups in total. The first-order valence-electron chi connectivity index (χ1n) is 9.89. The normalized spacial score (nSPS) is 12.2. The molecule has 1 radical (unpaired) electrons. The number of nitro groups is 1. The first kappa shape index (κ1) is 26.0. The summed E-state index contributed by atoms with van der Waals surface area (Å²) >= 11 is 6.59. The third-order valence-electron chi connectivity index (χ3n) is 4.80. The Kier molecular flexibility index (Phi) is 8.72. The van der Waals surface area contributed by atoms with Crippen molar-refractivity contribution in [3.05, 3.63) is 109 Å². The van der Waals surface area contributed by atoms with Gasteiger partial charge >= 0.3 is 24.0 Å². The van der Waals surface area contributed by atoms with Crippen molar-refractivity contribution in [1.82, 2.24) is 0 Å². The molecule has 1 atom stereocenters. The molecule has 0 fully saturated rings. The van der Waals surface area contributed by atoms with E-state index in [1.807, 2.05) is 0 Å². The summed E-state index contributed by atoms with van der Waals surface area (Å²) in [6.07, 6.45) is 0. The van der Waals surface area contributed by atoms with Crippen LogP contribution in [0.4, 0.5) is 5.69 Å². The predicted octanol–water partition coefficient (Wildman–Crippen LogP) is 4.89. The Bertz CT molecular complexity index is 1230. The monoisotopic (exact) mass is 604 g/mol. The lowest BCUT2D eigenvalue weighted by molar-refractivity contribution is -0.384. The lowest BCUT2D eigenvalue weighted by Crippen LogP contribution is -2.48. The molecule has 11 heteroatoms. The van der Waals surface area contributed by atoms with Crippen molar-refractivity contribution in [1.29, 1.82) is 0 Å². The van der Waals surface area contributed by atoms with E-state index in [2.05, 4.69) is 31.9 Å². The molecule has 0 heterocycles. The minimum Gasteiger partial charge on any atom is -0.457 e. The van der Waals surface area contributed by atoms with Gasteiger partial charge in [-0.05, 0) is 47.5 Å². The number of benzene rings is 3. The van der Waals surface area contributed by atoms with Crippen molar-refractivity contribution >= 4 is 56.0 Å². The molecule has 0 aliphatic heterocycles. The predicted molar refractivity (Wildman–Crippen MR) is 129 cm³/mol. The average Bonchev–Trinajstić information content (AvgIpc) is 2.85. The van der Waals surface area contributed by atoms with Crippen molar-refractivity contribution in [2.24, 2.45) is 0 Å². The molecule has 179 valence electrons. The molecule has 0 bridgehead atoms. The first-order valence-corrected chi connectivity index (χ1v) is 11.5. The van der Waals surface area contributed by atoms with Gasteiger partial charge in [0.1, 0.15) is 13.2 Å². The van der Waals surface area contributed by atoms with Gasteiger partial charge in [0.2, 0.25) is 0 Å². The van der Waals surface area contributed by atoms with E-state index in [4.69, 9.17) is 14.2 Å². The number of hydrogen-bond donors (Lipinski definition) is 0. The van der Waals surface area contributed by atoms with Crippen LogP contribution in [0, 0.1) is 10.1 Å². The summed E-state index contributed by atoms with van der Waals surface area (Å²) in [5.41, 5.74) is -1.72. The van der Waals surface area contributed by atoms with Crippen LogP contribution in [0.15, 0.2) is 81.7 Å². The van der Waals surface area contributed by atoms with Crippen LogP contribution < -0.4 is 0 Å². The van der Waals surface area contributed by atoms with E-state index in [0.29, 0.717) is 15.6 Å². The summed E-state index contributed by atoms with van der Waals surface area (Å²) in [4.78, 5) is 48.1. The molecule has 0 amide bonds. The maximum atomic E-state index is 13.2. The molecule has 1 unspecified atom stereocenters. The molecule has 3 aromatic carbocycles. The number of ether oxygens (including phenoxy) is 3. The Morgan fingerprint density at radius 2 is 1.46 bits per heavy atom. The molecule has 9 nitrogen and oxygen atoms in total. The Morgan fingerprint density at radius 1 is 0.857 bits per heavy atom. The maximum absolute atomic E-state index is 13.2. The quantitative estimate of drug-likeness (QED) is 0.105. The Balaban J connectivity index is 1.89. The molecule has 0 saturated carbocycles. The fourth-order valence-electron chi connectivity index (χ4n) is 3.05. The van der Waals surface area contributed by atoms with E-state index in [9.17, 15) is 24.5 Å². The van der Waals surface area contributed by atoms with Crippen LogP contribution in [0.2, 0.25) is 0 Å². The summed E-state index contributed by atoms with van der Waals surface area (Å²) in [5, 5.41) is 10.8. The SMILES string of the molecule is O=[C]OC(C(=O)OCc1ccc([N+](=O)[O-])cc1)(C(=O)OCc1cccc(Br)c1)c1ccc(Br)cc1. The van der Waals surface area contributed by atoms with Gasteiger partial charge in [-0.1, -0.05) is 56.1 Å². The van der Waals surface area contributed by atoms with Gasteiger partial charge in [0, 0.05) is 26.6 Å². The van der Waals surface area contributed by atoms with Gasteiger partial charge in [-0.15, -0.1) is 0 Å². The molecule has 0 saturated heterocycles. The fraction of sp³-hybridized carbons (Fsp3) is 0.125. The highest BCUT2D eigenvalue weighted by atomic mass is 79.9. The number of non-ortho nitro benzene ring substituents is 1. The van der Waals surface area contributed by atoms with E-state index in [1.54, 1.807) is 36.4 Å². The molecule has 35 heavy (non-hydrogen) atoms. The molecule has 0 spiro atoms. The summed E-state index contributed by atoms with van der Waals surface area (Å²) in [6, 6.07) is 18.1. The van der Waals surface area contributed by atoms with Gasteiger partial charge in [-0.2, -0.15) is 0 Å². The first-order chi connectivity index (χ1) is 16.8.